The van der Waals surface area contributed by atoms with Gasteiger partial charge in [-0.3, -0.25) is 0 Å². The zero-order chi connectivity index (χ0) is 10.8. The summed E-state index contributed by atoms with van der Waals surface area (Å²) in [5, 5.41) is 0. The largest absolute Gasteiger partial charge is 0.493 e. The molecular weight excluding hydrogens is 274 g/mol. The van der Waals surface area contributed by atoms with Crippen molar-refractivity contribution in [1.29, 1.82) is 0 Å². The van der Waals surface area contributed by atoms with Crippen LogP contribution in [0.15, 0.2) is 22.7 Å². The minimum Gasteiger partial charge on any atom is -0.493 e. The molecule has 0 spiro atoms. The summed E-state index contributed by atoms with van der Waals surface area (Å²) in [5.74, 6) is 1.52. The number of rotatable bonds is 4. The molecule has 0 atom stereocenters. The maximum Gasteiger partial charge on any atom is 0.129 e. The Balaban J connectivity index is 2.15. The average Bonchev–Trinajstić information content (AvgIpc) is 2.99. The molecule has 0 saturated heterocycles. The van der Waals surface area contributed by atoms with Crippen LogP contribution in [0.1, 0.15) is 18.4 Å². The average molecular weight is 286 g/mol. The van der Waals surface area contributed by atoms with Crippen molar-refractivity contribution in [3.8, 4) is 5.75 Å². The van der Waals surface area contributed by atoms with Crippen LogP contribution in [0.5, 0.6) is 5.75 Å². The van der Waals surface area contributed by atoms with Crippen LogP contribution < -0.4 is 10.5 Å². The maximum atomic E-state index is 5.69. The Hall–Kier alpha value is -0.610. The fourth-order valence-corrected chi connectivity index (χ4v) is 1.83. The molecule has 2 N–H and O–H groups in total. The molecule has 0 bridgehead atoms. The summed E-state index contributed by atoms with van der Waals surface area (Å²) in [7, 11) is 0. The third-order valence-corrected chi connectivity index (χ3v) is 3.09. The summed E-state index contributed by atoms with van der Waals surface area (Å²) >= 11 is 8.37. The number of hydrogen-bond donors (Lipinski definition) is 1. The van der Waals surface area contributed by atoms with Gasteiger partial charge < -0.3 is 10.5 Å². The van der Waals surface area contributed by atoms with Crippen molar-refractivity contribution in [2.75, 3.05) is 6.61 Å². The van der Waals surface area contributed by atoms with Crippen LogP contribution in [0.2, 0.25) is 0 Å². The van der Waals surface area contributed by atoms with Gasteiger partial charge in [0.05, 0.1) is 12.2 Å². The topological polar surface area (TPSA) is 35.2 Å². The van der Waals surface area contributed by atoms with Crippen molar-refractivity contribution < 1.29 is 4.74 Å². The van der Waals surface area contributed by atoms with E-state index in [1.54, 1.807) is 0 Å². The Morgan fingerprint density at radius 2 is 2.27 bits per heavy atom. The fraction of sp³-hybridized carbons (Fsp3) is 0.364. The molecule has 1 fully saturated rings. The van der Waals surface area contributed by atoms with Crippen molar-refractivity contribution in [2.45, 2.75) is 12.8 Å². The molecular formula is C11H12BrNOS. The number of halogens is 1. The summed E-state index contributed by atoms with van der Waals surface area (Å²) in [6, 6.07) is 5.73. The van der Waals surface area contributed by atoms with E-state index >= 15 is 0 Å². The van der Waals surface area contributed by atoms with Crippen molar-refractivity contribution in [1.82, 2.24) is 0 Å². The second-order valence-corrected chi connectivity index (χ2v) is 5.11. The molecule has 1 saturated carbocycles. The predicted molar refractivity (Wildman–Crippen MR) is 68.2 cm³/mol. The fourth-order valence-electron chi connectivity index (χ4n) is 1.31. The Kier molecular flexibility index (Phi) is 3.26. The van der Waals surface area contributed by atoms with Crippen molar-refractivity contribution in [3.63, 3.8) is 0 Å². The molecule has 1 aromatic carbocycles. The lowest BCUT2D eigenvalue weighted by molar-refractivity contribution is 0.299. The van der Waals surface area contributed by atoms with Gasteiger partial charge in [-0.15, -0.1) is 0 Å². The molecule has 1 aromatic rings. The maximum absolute atomic E-state index is 5.69. The van der Waals surface area contributed by atoms with E-state index in [1.807, 2.05) is 18.2 Å². The predicted octanol–water partition coefficient (Wildman–Crippen LogP) is 2.87. The van der Waals surface area contributed by atoms with E-state index in [9.17, 15) is 0 Å². The zero-order valence-electron chi connectivity index (χ0n) is 8.20. The Bertz CT molecular complexity index is 390. The van der Waals surface area contributed by atoms with Gasteiger partial charge in [0.1, 0.15) is 10.7 Å². The molecule has 0 heterocycles. The van der Waals surface area contributed by atoms with E-state index in [4.69, 9.17) is 22.7 Å². The van der Waals surface area contributed by atoms with Gasteiger partial charge in [-0.25, -0.2) is 0 Å². The normalized spacial score (nSPS) is 15.0. The molecule has 0 amide bonds. The first-order valence-electron chi connectivity index (χ1n) is 4.89. The minimum absolute atomic E-state index is 0.377. The van der Waals surface area contributed by atoms with Gasteiger partial charge >= 0.3 is 0 Å². The molecule has 2 rings (SSSR count). The van der Waals surface area contributed by atoms with E-state index in [2.05, 4.69) is 15.9 Å². The molecule has 1 aliphatic carbocycles. The van der Waals surface area contributed by atoms with E-state index in [0.717, 1.165) is 28.3 Å². The number of nitrogens with two attached hydrogens (primary N) is 1. The first kappa shape index (κ1) is 10.9. The Morgan fingerprint density at radius 1 is 1.53 bits per heavy atom. The van der Waals surface area contributed by atoms with Crippen molar-refractivity contribution >= 4 is 33.1 Å². The molecule has 1 aliphatic rings. The molecule has 80 valence electrons. The highest BCUT2D eigenvalue weighted by Gasteiger charge is 2.22. The zero-order valence-corrected chi connectivity index (χ0v) is 10.6. The molecule has 2 nitrogen and oxygen atoms in total. The molecule has 4 heteroatoms. The lowest BCUT2D eigenvalue weighted by Crippen LogP contribution is -2.12. The van der Waals surface area contributed by atoms with Crippen molar-refractivity contribution in [2.24, 2.45) is 11.7 Å². The van der Waals surface area contributed by atoms with E-state index in [0.29, 0.717) is 4.99 Å². The molecule has 15 heavy (non-hydrogen) atoms. The van der Waals surface area contributed by atoms with Gasteiger partial charge in [0.15, 0.2) is 0 Å². The van der Waals surface area contributed by atoms with Crippen molar-refractivity contribution in [3.05, 3.63) is 28.2 Å². The summed E-state index contributed by atoms with van der Waals surface area (Å²) in [6.45, 7) is 0.775. The van der Waals surface area contributed by atoms with E-state index in [-0.39, 0.29) is 0 Å². The quantitative estimate of drug-likeness (QED) is 0.864. The first-order chi connectivity index (χ1) is 7.16. The third kappa shape index (κ3) is 2.92. The molecule has 0 unspecified atom stereocenters. The summed E-state index contributed by atoms with van der Waals surface area (Å²) in [5.41, 5.74) is 6.44. The van der Waals surface area contributed by atoms with E-state index < -0.39 is 0 Å². The van der Waals surface area contributed by atoms with Gasteiger partial charge in [0.2, 0.25) is 0 Å². The number of benzene rings is 1. The molecule has 0 aliphatic heterocycles. The minimum atomic E-state index is 0.377. The summed E-state index contributed by atoms with van der Waals surface area (Å²) in [6.07, 6.45) is 2.55. The van der Waals surface area contributed by atoms with Crippen LogP contribution in [0.25, 0.3) is 0 Å². The van der Waals surface area contributed by atoms with Crippen LogP contribution in [-0.4, -0.2) is 11.6 Å². The number of ether oxygens (including phenoxy) is 1. The highest BCUT2D eigenvalue weighted by atomic mass is 79.9. The second-order valence-electron chi connectivity index (χ2n) is 3.76. The Morgan fingerprint density at radius 3 is 2.87 bits per heavy atom. The highest BCUT2D eigenvalue weighted by Crippen LogP contribution is 2.31. The van der Waals surface area contributed by atoms with Gasteiger partial charge in [0.25, 0.3) is 0 Å². The lowest BCUT2D eigenvalue weighted by atomic mass is 10.2. The smallest absolute Gasteiger partial charge is 0.129 e. The van der Waals surface area contributed by atoms with Gasteiger partial charge in [0, 0.05) is 4.47 Å². The van der Waals surface area contributed by atoms with Gasteiger partial charge in [-0.2, -0.15) is 0 Å². The number of thiocarbonyl (C=S) groups is 1. The van der Waals surface area contributed by atoms with E-state index in [1.165, 1.54) is 12.8 Å². The van der Waals surface area contributed by atoms with Crippen LogP contribution in [0.4, 0.5) is 0 Å². The molecule has 0 aromatic heterocycles. The summed E-state index contributed by atoms with van der Waals surface area (Å²) in [4.78, 5) is 0.377. The lowest BCUT2D eigenvalue weighted by Gasteiger charge is -2.10. The van der Waals surface area contributed by atoms with Crippen LogP contribution in [-0.2, 0) is 0 Å². The molecule has 0 radical (unpaired) electrons. The first-order valence-corrected chi connectivity index (χ1v) is 6.09. The van der Waals surface area contributed by atoms with Gasteiger partial charge in [-0.05, 0) is 37.0 Å². The number of hydrogen-bond acceptors (Lipinski definition) is 2. The SMILES string of the molecule is NC(=S)c1cc(Br)ccc1OCC1CC1. The summed E-state index contributed by atoms with van der Waals surface area (Å²) < 4.78 is 6.65. The van der Waals surface area contributed by atoms with Gasteiger partial charge in [-0.1, -0.05) is 28.1 Å². The standard InChI is InChI=1S/C11H12BrNOS/c12-8-3-4-10(9(5-8)11(13)15)14-6-7-1-2-7/h3-5,7H,1-2,6H2,(H2,13,15). The Labute approximate surface area is 103 Å². The highest BCUT2D eigenvalue weighted by molar-refractivity contribution is 9.10. The monoisotopic (exact) mass is 285 g/mol. The van der Waals surface area contributed by atoms with Crippen LogP contribution in [0, 0.1) is 5.92 Å². The third-order valence-electron chi connectivity index (χ3n) is 2.38. The van der Waals surface area contributed by atoms with Crippen LogP contribution >= 0.6 is 28.1 Å². The van der Waals surface area contributed by atoms with Crippen LogP contribution in [0.3, 0.4) is 0 Å². The second kappa shape index (κ2) is 4.49.